The molecule has 0 radical (unpaired) electrons. The van der Waals surface area contributed by atoms with Crippen LogP contribution in [0.4, 0.5) is 0 Å². The third-order valence-electron chi connectivity index (χ3n) is 3.95. The molecule has 1 atom stereocenters. The van der Waals surface area contributed by atoms with Gasteiger partial charge in [-0.25, -0.2) is 0 Å². The molecule has 1 rings (SSSR count). The largest absolute Gasteiger partial charge is 0.357 e. The number of aryl methyl sites for hydroxylation is 2. The number of nitrogens with one attached hydrogen (secondary N) is 3. The highest BCUT2D eigenvalue weighted by Gasteiger charge is 2.14. The molecular weight excluding hydrogens is 443 g/mol. The molecule has 3 N–H and O–H groups in total. The van der Waals surface area contributed by atoms with Gasteiger partial charge >= 0.3 is 0 Å². The second-order valence-corrected chi connectivity index (χ2v) is 6.76. The van der Waals surface area contributed by atoms with Crippen molar-refractivity contribution in [2.24, 2.45) is 12.0 Å². The van der Waals surface area contributed by atoms with E-state index in [2.05, 4.69) is 39.9 Å². The summed E-state index contributed by atoms with van der Waals surface area (Å²) >= 11 is 0. The lowest BCUT2D eigenvalue weighted by Crippen LogP contribution is -2.43. The molecule has 1 aromatic heterocycles. The van der Waals surface area contributed by atoms with E-state index in [1.54, 1.807) is 0 Å². The van der Waals surface area contributed by atoms with E-state index in [9.17, 15) is 4.79 Å². The Bertz CT molecular complexity index is 597. The summed E-state index contributed by atoms with van der Waals surface area (Å²) in [5, 5.41) is 14.0. The lowest BCUT2D eigenvalue weighted by molar-refractivity contribution is -0.121. The van der Waals surface area contributed by atoms with E-state index in [1.807, 2.05) is 39.4 Å². The number of carbonyl (C=O) groups excluding carboxylic acids is 1. The monoisotopic (exact) mass is 478 g/mol. The first kappa shape index (κ1) is 24.7. The number of carbonyl (C=O) groups is 1. The van der Waals surface area contributed by atoms with Crippen LogP contribution in [0.25, 0.3) is 0 Å². The standard InChI is InChI=1S/C18H34N6O.HI/c1-8-19-18(20-10-9-17(25)21-12(2)3)22-13(4)11-16-14(5)23-24(7)15(16)6;/h12-13H,8-11H2,1-7H3,(H,21,25)(H2,19,20,22);1H. The summed E-state index contributed by atoms with van der Waals surface area (Å²) in [7, 11) is 1.97. The summed E-state index contributed by atoms with van der Waals surface area (Å²) in [6, 6.07) is 0.373. The fraction of sp³-hybridized carbons (Fsp3) is 0.722. The maximum absolute atomic E-state index is 11.7. The van der Waals surface area contributed by atoms with E-state index in [0.717, 1.165) is 24.6 Å². The van der Waals surface area contributed by atoms with Crippen molar-refractivity contribution in [2.45, 2.75) is 66.5 Å². The molecule has 7 nitrogen and oxygen atoms in total. The summed E-state index contributed by atoms with van der Waals surface area (Å²) in [6.45, 7) is 13.4. The number of hydrogen-bond acceptors (Lipinski definition) is 3. The molecule has 8 heteroatoms. The van der Waals surface area contributed by atoms with Crippen molar-refractivity contribution < 1.29 is 4.79 Å². The highest BCUT2D eigenvalue weighted by Crippen LogP contribution is 2.14. The number of halogens is 1. The Hall–Kier alpha value is -1.32. The molecule has 1 amide bonds. The van der Waals surface area contributed by atoms with Gasteiger partial charge in [-0.1, -0.05) is 0 Å². The van der Waals surface area contributed by atoms with Gasteiger partial charge in [0.15, 0.2) is 5.96 Å². The molecule has 1 aromatic rings. The van der Waals surface area contributed by atoms with Crippen LogP contribution in [0.1, 0.15) is 51.1 Å². The van der Waals surface area contributed by atoms with E-state index in [0.29, 0.717) is 13.0 Å². The molecular formula is C18H35IN6O. The van der Waals surface area contributed by atoms with Crippen molar-refractivity contribution in [1.82, 2.24) is 25.7 Å². The minimum Gasteiger partial charge on any atom is -0.357 e. The van der Waals surface area contributed by atoms with Crippen molar-refractivity contribution in [3.63, 3.8) is 0 Å². The van der Waals surface area contributed by atoms with Gasteiger partial charge in [-0.15, -0.1) is 24.0 Å². The third kappa shape index (κ3) is 8.37. The fourth-order valence-corrected chi connectivity index (χ4v) is 2.69. The predicted octanol–water partition coefficient (Wildman–Crippen LogP) is 2.06. The Kier molecular flexibility index (Phi) is 11.5. The molecule has 0 saturated heterocycles. The zero-order valence-corrected chi connectivity index (χ0v) is 19.5. The molecule has 26 heavy (non-hydrogen) atoms. The Morgan fingerprint density at radius 3 is 2.38 bits per heavy atom. The van der Waals surface area contributed by atoms with E-state index in [-0.39, 0.29) is 42.0 Å². The molecule has 1 unspecified atom stereocenters. The van der Waals surface area contributed by atoms with Gasteiger partial charge in [-0.05, 0) is 53.5 Å². The topological polar surface area (TPSA) is 83.3 Å². The summed E-state index contributed by atoms with van der Waals surface area (Å²) < 4.78 is 1.92. The second-order valence-electron chi connectivity index (χ2n) is 6.76. The average Bonchev–Trinajstić information content (AvgIpc) is 2.73. The van der Waals surface area contributed by atoms with Crippen LogP contribution in [-0.2, 0) is 18.3 Å². The van der Waals surface area contributed by atoms with Crippen LogP contribution in [0.15, 0.2) is 4.99 Å². The van der Waals surface area contributed by atoms with Gasteiger partial charge in [-0.3, -0.25) is 14.5 Å². The van der Waals surface area contributed by atoms with Gasteiger partial charge in [0.25, 0.3) is 0 Å². The molecule has 0 aliphatic heterocycles. The average molecular weight is 478 g/mol. The molecule has 0 aliphatic rings. The van der Waals surface area contributed by atoms with Crippen LogP contribution in [0.5, 0.6) is 0 Å². The summed E-state index contributed by atoms with van der Waals surface area (Å²) in [4.78, 5) is 16.2. The Labute approximate surface area is 174 Å². The van der Waals surface area contributed by atoms with E-state index in [4.69, 9.17) is 0 Å². The van der Waals surface area contributed by atoms with Gasteiger partial charge in [0.05, 0.1) is 12.2 Å². The lowest BCUT2D eigenvalue weighted by Gasteiger charge is -2.18. The number of aromatic nitrogens is 2. The highest BCUT2D eigenvalue weighted by molar-refractivity contribution is 14.0. The van der Waals surface area contributed by atoms with E-state index < -0.39 is 0 Å². The quantitative estimate of drug-likeness (QED) is 0.304. The van der Waals surface area contributed by atoms with E-state index in [1.165, 1.54) is 11.3 Å². The molecule has 0 fully saturated rings. The normalized spacial score (nSPS) is 12.5. The van der Waals surface area contributed by atoms with Crippen LogP contribution < -0.4 is 16.0 Å². The SMILES string of the molecule is CCNC(=NCCC(=O)NC(C)C)NC(C)Cc1c(C)nn(C)c1C.I. The number of hydrogen-bond donors (Lipinski definition) is 3. The fourth-order valence-electron chi connectivity index (χ4n) is 2.69. The number of nitrogens with zero attached hydrogens (tertiary/aromatic N) is 3. The predicted molar refractivity (Wildman–Crippen MR) is 118 cm³/mol. The lowest BCUT2D eigenvalue weighted by atomic mass is 10.1. The van der Waals surface area contributed by atoms with Crippen molar-refractivity contribution in [2.75, 3.05) is 13.1 Å². The van der Waals surface area contributed by atoms with Gasteiger partial charge in [0.2, 0.25) is 5.91 Å². The minimum absolute atomic E-state index is 0. The first-order valence-electron chi connectivity index (χ1n) is 9.07. The zero-order valence-electron chi connectivity index (χ0n) is 17.1. The number of guanidine groups is 1. The first-order valence-corrected chi connectivity index (χ1v) is 9.07. The molecule has 1 heterocycles. The maximum atomic E-state index is 11.7. The van der Waals surface area contributed by atoms with Crippen LogP contribution in [0, 0.1) is 13.8 Å². The van der Waals surface area contributed by atoms with E-state index >= 15 is 0 Å². The molecule has 0 saturated carbocycles. The van der Waals surface area contributed by atoms with Crippen molar-refractivity contribution >= 4 is 35.8 Å². The summed E-state index contributed by atoms with van der Waals surface area (Å²) in [5.74, 6) is 0.774. The smallest absolute Gasteiger partial charge is 0.222 e. The third-order valence-corrected chi connectivity index (χ3v) is 3.95. The highest BCUT2D eigenvalue weighted by atomic mass is 127. The Balaban J connectivity index is 0.00000625. The Morgan fingerprint density at radius 1 is 1.23 bits per heavy atom. The van der Waals surface area contributed by atoms with Crippen LogP contribution in [0.3, 0.4) is 0 Å². The summed E-state index contributed by atoms with van der Waals surface area (Å²) in [5.41, 5.74) is 3.54. The Morgan fingerprint density at radius 2 is 1.88 bits per heavy atom. The minimum atomic E-state index is 0. The molecule has 0 bridgehead atoms. The second kappa shape index (κ2) is 12.1. The molecule has 0 spiro atoms. The van der Waals surface area contributed by atoms with Gasteiger partial charge < -0.3 is 16.0 Å². The van der Waals surface area contributed by atoms with Crippen LogP contribution in [0.2, 0.25) is 0 Å². The maximum Gasteiger partial charge on any atom is 0.222 e. The number of rotatable bonds is 8. The zero-order chi connectivity index (χ0) is 19.0. The van der Waals surface area contributed by atoms with Crippen molar-refractivity contribution in [3.8, 4) is 0 Å². The van der Waals surface area contributed by atoms with Gasteiger partial charge in [0, 0.05) is 37.8 Å². The van der Waals surface area contributed by atoms with Gasteiger partial charge in [-0.2, -0.15) is 5.10 Å². The van der Waals surface area contributed by atoms with Crippen molar-refractivity contribution in [3.05, 3.63) is 17.0 Å². The number of amides is 1. The van der Waals surface area contributed by atoms with Crippen LogP contribution >= 0.6 is 24.0 Å². The molecule has 150 valence electrons. The van der Waals surface area contributed by atoms with Gasteiger partial charge in [0.1, 0.15) is 0 Å². The van der Waals surface area contributed by atoms with Crippen molar-refractivity contribution in [1.29, 1.82) is 0 Å². The molecule has 0 aliphatic carbocycles. The first-order chi connectivity index (χ1) is 11.7. The summed E-state index contributed by atoms with van der Waals surface area (Å²) in [6.07, 6.45) is 1.27. The molecule has 0 aromatic carbocycles. The van der Waals surface area contributed by atoms with Crippen LogP contribution in [-0.4, -0.2) is 46.8 Å². The number of aliphatic imine (C=N–C) groups is 1.